The third-order valence-corrected chi connectivity index (χ3v) is 3.37. The molecule has 0 aliphatic carbocycles. The first-order chi connectivity index (χ1) is 8.74. The van der Waals surface area contributed by atoms with E-state index in [4.69, 9.17) is 9.26 Å². The standard InChI is InChI=1S/C14H17NO2S/c1-11-4-3-5-14(8-11)16-6-7-18-10-13-9-12(2)17-15-13/h3-5,8-9H,6-7,10H2,1-2H3. The lowest BCUT2D eigenvalue weighted by molar-refractivity contribution is 0.343. The van der Waals surface area contributed by atoms with Gasteiger partial charge in [-0.25, -0.2) is 0 Å². The number of aryl methyl sites for hydroxylation is 2. The second-order valence-corrected chi connectivity index (χ2v) is 5.25. The molecule has 2 rings (SSSR count). The molecule has 4 heteroatoms. The lowest BCUT2D eigenvalue weighted by atomic mass is 10.2. The largest absolute Gasteiger partial charge is 0.493 e. The molecule has 3 nitrogen and oxygen atoms in total. The van der Waals surface area contributed by atoms with Crippen LogP contribution in [-0.2, 0) is 5.75 Å². The van der Waals surface area contributed by atoms with Crippen LogP contribution in [0.1, 0.15) is 17.0 Å². The van der Waals surface area contributed by atoms with Gasteiger partial charge in [0.15, 0.2) is 0 Å². The van der Waals surface area contributed by atoms with Crippen LogP contribution < -0.4 is 4.74 Å². The average molecular weight is 263 g/mol. The number of nitrogens with zero attached hydrogens (tertiary/aromatic N) is 1. The van der Waals surface area contributed by atoms with E-state index in [1.54, 1.807) is 11.8 Å². The van der Waals surface area contributed by atoms with E-state index in [2.05, 4.69) is 18.1 Å². The van der Waals surface area contributed by atoms with E-state index in [1.165, 1.54) is 5.56 Å². The maximum absolute atomic E-state index is 5.67. The van der Waals surface area contributed by atoms with Crippen molar-refractivity contribution in [2.75, 3.05) is 12.4 Å². The summed E-state index contributed by atoms with van der Waals surface area (Å²) in [6, 6.07) is 10.1. The highest BCUT2D eigenvalue weighted by Gasteiger charge is 2.00. The Morgan fingerprint density at radius 3 is 2.89 bits per heavy atom. The molecule has 2 aromatic rings. The van der Waals surface area contributed by atoms with Crippen LogP contribution in [0.2, 0.25) is 0 Å². The van der Waals surface area contributed by atoms with Crippen molar-refractivity contribution in [1.82, 2.24) is 5.16 Å². The highest BCUT2D eigenvalue weighted by Crippen LogP contribution is 2.15. The molecule has 18 heavy (non-hydrogen) atoms. The van der Waals surface area contributed by atoms with Gasteiger partial charge in [0.25, 0.3) is 0 Å². The molecule has 1 aromatic heterocycles. The summed E-state index contributed by atoms with van der Waals surface area (Å²) in [5.41, 5.74) is 2.21. The summed E-state index contributed by atoms with van der Waals surface area (Å²) in [5.74, 6) is 3.61. The van der Waals surface area contributed by atoms with Crippen molar-refractivity contribution in [2.45, 2.75) is 19.6 Å². The number of hydrogen-bond donors (Lipinski definition) is 0. The van der Waals surface area contributed by atoms with Gasteiger partial charge >= 0.3 is 0 Å². The molecule has 0 atom stereocenters. The Labute approximate surface area is 112 Å². The Bertz CT molecular complexity index is 496. The summed E-state index contributed by atoms with van der Waals surface area (Å²) in [4.78, 5) is 0. The van der Waals surface area contributed by atoms with Crippen LogP contribution in [0.3, 0.4) is 0 Å². The Morgan fingerprint density at radius 1 is 1.28 bits per heavy atom. The molecule has 0 spiro atoms. The Morgan fingerprint density at radius 2 is 2.17 bits per heavy atom. The van der Waals surface area contributed by atoms with Crippen molar-refractivity contribution in [2.24, 2.45) is 0 Å². The molecule has 0 bridgehead atoms. The number of hydrogen-bond acceptors (Lipinski definition) is 4. The first-order valence-corrected chi connectivity index (χ1v) is 7.09. The van der Waals surface area contributed by atoms with Gasteiger partial charge in [-0.2, -0.15) is 11.8 Å². The van der Waals surface area contributed by atoms with Gasteiger partial charge in [-0.1, -0.05) is 17.3 Å². The van der Waals surface area contributed by atoms with Crippen molar-refractivity contribution < 1.29 is 9.26 Å². The Hall–Kier alpha value is -1.42. The number of ether oxygens (including phenoxy) is 1. The lowest BCUT2D eigenvalue weighted by Gasteiger charge is -2.05. The van der Waals surface area contributed by atoms with Crippen molar-refractivity contribution in [3.8, 4) is 5.75 Å². The van der Waals surface area contributed by atoms with Gasteiger partial charge in [-0.05, 0) is 31.5 Å². The van der Waals surface area contributed by atoms with Gasteiger partial charge in [0.2, 0.25) is 0 Å². The predicted molar refractivity (Wildman–Crippen MR) is 74.1 cm³/mol. The molecule has 1 heterocycles. The van der Waals surface area contributed by atoms with Crippen LogP contribution in [0.25, 0.3) is 0 Å². The van der Waals surface area contributed by atoms with Crippen molar-refractivity contribution in [3.63, 3.8) is 0 Å². The van der Waals surface area contributed by atoms with Crippen LogP contribution in [0.15, 0.2) is 34.9 Å². The smallest absolute Gasteiger partial charge is 0.133 e. The molecule has 0 radical (unpaired) electrons. The van der Waals surface area contributed by atoms with E-state index in [1.807, 2.05) is 31.2 Å². The zero-order valence-electron chi connectivity index (χ0n) is 10.7. The zero-order chi connectivity index (χ0) is 12.8. The van der Waals surface area contributed by atoms with Crippen LogP contribution in [0.4, 0.5) is 0 Å². The van der Waals surface area contributed by atoms with Gasteiger partial charge < -0.3 is 9.26 Å². The van der Waals surface area contributed by atoms with E-state index >= 15 is 0 Å². The molecule has 96 valence electrons. The molecule has 0 saturated heterocycles. The maximum atomic E-state index is 5.67. The molecule has 0 unspecified atom stereocenters. The van der Waals surface area contributed by atoms with Gasteiger partial charge in [0, 0.05) is 17.6 Å². The van der Waals surface area contributed by atoms with E-state index in [-0.39, 0.29) is 0 Å². The van der Waals surface area contributed by atoms with Crippen LogP contribution >= 0.6 is 11.8 Å². The normalized spacial score (nSPS) is 10.6. The minimum Gasteiger partial charge on any atom is -0.493 e. The third kappa shape index (κ3) is 4.11. The molecule has 0 aliphatic heterocycles. The van der Waals surface area contributed by atoms with E-state index < -0.39 is 0 Å². The number of benzene rings is 1. The molecule has 0 fully saturated rings. The van der Waals surface area contributed by atoms with Crippen LogP contribution in [0, 0.1) is 13.8 Å². The van der Waals surface area contributed by atoms with Gasteiger partial charge in [0.05, 0.1) is 12.3 Å². The van der Waals surface area contributed by atoms with Crippen molar-refractivity contribution >= 4 is 11.8 Å². The summed E-state index contributed by atoms with van der Waals surface area (Å²) in [5, 5.41) is 3.95. The van der Waals surface area contributed by atoms with Gasteiger partial charge in [-0.15, -0.1) is 0 Å². The van der Waals surface area contributed by atoms with Gasteiger partial charge in [0.1, 0.15) is 11.5 Å². The van der Waals surface area contributed by atoms with Crippen LogP contribution in [0.5, 0.6) is 5.75 Å². The highest BCUT2D eigenvalue weighted by atomic mass is 32.2. The second kappa shape index (κ2) is 6.50. The second-order valence-electron chi connectivity index (χ2n) is 4.15. The summed E-state index contributed by atoms with van der Waals surface area (Å²) < 4.78 is 10.7. The SMILES string of the molecule is Cc1cccc(OCCSCc2cc(C)on2)c1. The highest BCUT2D eigenvalue weighted by molar-refractivity contribution is 7.98. The van der Waals surface area contributed by atoms with Gasteiger partial charge in [-0.3, -0.25) is 0 Å². The Balaban J connectivity index is 1.64. The molecule has 0 amide bonds. The fraction of sp³-hybridized carbons (Fsp3) is 0.357. The van der Waals surface area contributed by atoms with E-state index in [0.717, 1.165) is 28.7 Å². The van der Waals surface area contributed by atoms with Crippen molar-refractivity contribution in [3.05, 3.63) is 47.3 Å². The summed E-state index contributed by atoms with van der Waals surface area (Å²) >= 11 is 1.80. The minimum absolute atomic E-state index is 0.713. The van der Waals surface area contributed by atoms with Crippen LogP contribution in [-0.4, -0.2) is 17.5 Å². The third-order valence-electron chi connectivity index (χ3n) is 2.41. The quantitative estimate of drug-likeness (QED) is 0.746. The molecule has 0 aliphatic rings. The monoisotopic (exact) mass is 263 g/mol. The van der Waals surface area contributed by atoms with E-state index in [0.29, 0.717) is 6.61 Å². The molecular formula is C14H17NO2S. The topological polar surface area (TPSA) is 35.3 Å². The summed E-state index contributed by atoms with van der Waals surface area (Å²) in [6.45, 7) is 4.68. The molecule has 1 aromatic carbocycles. The average Bonchev–Trinajstić information content (AvgIpc) is 2.75. The number of aromatic nitrogens is 1. The number of thioether (sulfide) groups is 1. The summed E-state index contributed by atoms with van der Waals surface area (Å²) in [6.07, 6.45) is 0. The number of rotatable bonds is 6. The molecule has 0 saturated carbocycles. The minimum atomic E-state index is 0.713. The fourth-order valence-corrected chi connectivity index (χ4v) is 2.28. The van der Waals surface area contributed by atoms with Crippen molar-refractivity contribution in [1.29, 1.82) is 0 Å². The first-order valence-electron chi connectivity index (χ1n) is 5.93. The molecular weight excluding hydrogens is 246 g/mol. The Kier molecular flexibility index (Phi) is 4.70. The maximum Gasteiger partial charge on any atom is 0.133 e. The zero-order valence-corrected chi connectivity index (χ0v) is 11.5. The predicted octanol–water partition coefficient (Wildman–Crippen LogP) is 3.60. The lowest BCUT2D eigenvalue weighted by Crippen LogP contribution is -2.00. The van der Waals surface area contributed by atoms with E-state index in [9.17, 15) is 0 Å². The fourth-order valence-electron chi connectivity index (χ4n) is 1.59. The summed E-state index contributed by atoms with van der Waals surface area (Å²) in [7, 11) is 0. The molecule has 0 N–H and O–H groups in total. The first kappa shape index (κ1) is 13.0.